The van der Waals surface area contributed by atoms with E-state index in [1.807, 2.05) is 31.7 Å². The van der Waals surface area contributed by atoms with Gasteiger partial charge in [-0.05, 0) is 70.7 Å². The SMILES string of the molecule is CCC(CN(C)CCN1CCOCC1)c1ccc2c(c1)N(C(=O)OC(C)C)C[C@H](C)N2C(=O)C1CC1. The molecular weight excluding hydrogens is 456 g/mol. The molecule has 1 saturated carbocycles. The summed E-state index contributed by atoms with van der Waals surface area (Å²) in [5.41, 5.74) is 2.82. The molecule has 0 spiro atoms. The van der Waals surface area contributed by atoms with Crippen LogP contribution < -0.4 is 9.80 Å². The van der Waals surface area contributed by atoms with Crippen LogP contribution in [0.1, 0.15) is 58.4 Å². The average Bonchev–Trinajstić information content (AvgIpc) is 3.71. The first-order valence-corrected chi connectivity index (χ1v) is 13.7. The number of hydrogen-bond donors (Lipinski definition) is 0. The van der Waals surface area contributed by atoms with Crippen LogP contribution in [-0.4, -0.2) is 93.5 Å². The number of rotatable bonds is 9. The highest BCUT2D eigenvalue weighted by molar-refractivity contribution is 6.04. The Morgan fingerprint density at radius 2 is 1.89 bits per heavy atom. The number of amides is 2. The van der Waals surface area contributed by atoms with Gasteiger partial charge in [-0.25, -0.2) is 4.79 Å². The minimum Gasteiger partial charge on any atom is -0.446 e. The van der Waals surface area contributed by atoms with E-state index in [1.165, 1.54) is 5.56 Å². The molecule has 0 aromatic heterocycles. The van der Waals surface area contributed by atoms with Crippen molar-refractivity contribution in [3.63, 3.8) is 0 Å². The third-order valence-electron chi connectivity index (χ3n) is 7.56. The van der Waals surface area contributed by atoms with Crippen molar-refractivity contribution in [2.45, 2.75) is 65.0 Å². The Kier molecular flexibility index (Phi) is 8.91. The number of ether oxygens (including phenoxy) is 2. The number of carbonyl (C=O) groups is 2. The van der Waals surface area contributed by atoms with Gasteiger partial charge in [0.05, 0.1) is 36.7 Å². The molecule has 1 saturated heterocycles. The molecular formula is C28H44N4O4. The molecule has 2 atom stereocenters. The summed E-state index contributed by atoms with van der Waals surface area (Å²) in [6.45, 7) is 15.1. The number of nitrogens with zero attached hydrogens (tertiary/aromatic N) is 4. The quantitative estimate of drug-likeness (QED) is 0.512. The van der Waals surface area contributed by atoms with Gasteiger partial charge in [-0.3, -0.25) is 14.6 Å². The van der Waals surface area contributed by atoms with Crippen LogP contribution in [0.4, 0.5) is 16.2 Å². The molecule has 2 heterocycles. The van der Waals surface area contributed by atoms with Crippen LogP contribution in [0.25, 0.3) is 0 Å². The Hall–Kier alpha value is -2.16. The Bertz CT molecular complexity index is 913. The van der Waals surface area contributed by atoms with E-state index in [0.717, 1.165) is 76.6 Å². The monoisotopic (exact) mass is 500 g/mol. The molecule has 1 aromatic carbocycles. The summed E-state index contributed by atoms with van der Waals surface area (Å²) in [5, 5.41) is 0. The first-order chi connectivity index (χ1) is 17.3. The van der Waals surface area contributed by atoms with Crippen LogP contribution in [0.3, 0.4) is 0 Å². The van der Waals surface area contributed by atoms with Crippen molar-refractivity contribution in [1.29, 1.82) is 0 Å². The molecule has 0 N–H and O–H groups in total. The molecule has 4 rings (SSSR count). The molecule has 1 aromatic rings. The zero-order valence-electron chi connectivity index (χ0n) is 22.7. The van der Waals surface area contributed by atoms with E-state index in [4.69, 9.17) is 9.47 Å². The predicted octanol–water partition coefficient (Wildman–Crippen LogP) is 3.94. The van der Waals surface area contributed by atoms with E-state index in [0.29, 0.717) is 12.5 Å². The summed E-state index contributed by atoms with van der Waals surface area (Å²) in [7, 11) is 2.19. The minimum atomic E-state index is -0.343. The third-order valence-corrected chi connectivity index (χ3v) is 7.56. The van der Waals surface area contributed by atoms with Gasteiger partial charge in [0.25, 0.3) is 0 Å². The highest BCUT2D eigenvalue weighted by Crippen LogP contribution is 2.42. The average molecular weight is 501 g/mol. The molecule has 200 valence electrons. The van der Waals surface area contributed by atoms with Gasteiger partial charge in [-0.2, -0.15) is 0 Å². The molecule has 2 amide bonds. The lowest BCUT2D eigenvalue weighted by Gasteiger charge is -2.41. The standard InChI is InChI=1S/C28H44N4O4/c1-6-22(19-29(5)11-12-30-13-15-35-16-14-30)24-9-10-25-26(17-24)31(28(34)36-20(2)3)18-21(4)32(25)27(33)23-7-8-23/h9-10,17,20-23H,6-8,11-16,18-19H2,1-5H3/t21-,22?/m0/s1. The number of likely N-dealkylation sites (N-methyl/N-ethyl adjacent to an activating group) is 1. The van der Waals surface area contributed by atoms with Gasteiger partial charge in [-0.15, -0.1) is 0 Å². The predicted molar refractivity (Wildman–Crippen MR) is 143 cm³/mol. The molecule has 3 aliphatic rings. The maximum absolute atomic E-state index is 13.2. The van der Waals surface area contributed by atoms with Gasteiger partial charge < -0.3 is 19.3 Å². The van der Waals surface area contributed by atoms with Gasteiger partial charge in [0.1, 0.15) is 0 Å². The molecule has 0 radical (unpaired) electrons. The van der Waals surface area contributed by atoms with Crippen molar-refractivity contribution in [1.82, 2.24) is 9.80 Å². The van der Waals surface area contributed by atoms with Gasteiger partial charge in [0, 0.05) is 45.2 Å². The van der Waals surface area contributed by atoms with E-state index in [9.17, 15) is 9.59 Å². The van der Waals surface area contributed by atoms with Crippen molar-refractivity contribution in [3.8, 4) is 0 Å². The lowest BCUT2D eigenvalue weighted by atomic mass is 9.93. The lowest BCUT2D eigenvalue weighted by molar-refractivity contribution is -0.120. The van der Waals surface area contributed by atoms with E-state index >= 15 is 0 Å². The van der Waals surface area contributed by atoms with Crippen molar-refractivity contribution < 1.29 is 19.1 Å². The topological polar surface area (TPSA) is 65.6 Å². The number of morpholine rings is 1. The number of fused-ring (bicyclic) bond motifs is 1. The minimum absolute atomic E-state index is 0.0931. The Morgan fingerprint density at radius 3 is 2.53 bits per heavy atom. The highest BCUT2D eigenvalue weighted by atomic mass is 16.6. The first-order valence-electron chi connectivity index (χ1n) is 13.7. The summed E-state index contributed by atoms with van der Waals surface area (Å²) in [6, 6.07) is 6.23. The largest absolute Gasteiger partial charge is 0.446 e. The fraction of sp³-hybridized carbons (Fsp3) is 0.714. The molecule has 2 fully saturated rings. The summed E-state index contributed by atoms with van der Waals surface area (Å²) >= 11 is 0. The summed E-state index contributed by atoms with van der Waals surface area (Å²) in [6.07, 6.45) is 2.38. The Balaban J connectivity index is 1.54. The Morgan fingerprint density at radius 1 is 1.17 bits per heavy atom. The fourth-order valence-corrected chi connectivity index (χ4v) is 5.27. The number of carbonyl (C=O) groups excluding carboxylic acids is 2. The van der Waals surface area contributed by atoms with Crippen LogP contribution in [0.5, 0.6) is 0 Å². The molecule has 1 aliphatic carbocycles. The second-order valence-electron chi connectivity index (χ2n) is 10.9. The maximum Gasteiger partial charge on any atom is 0.414 e. The molecule has 8 heteroatoms. The molecule has 2 aliphatic heterocycles. The molecule has 36 heavy (non-hydrogen) atoms. The zero-order chi connectivity index (χ0) is 25.8. The van der Waals surface area contributed by atoms with Crippen LogP contribution in [0, 0.1) is 5.92 Å². The summed E-state index contributed by atoms with van der Waals surface area (Å²) in [5.74, 6) is 0.640. The van der Waals surface area contributed by atoms with Crippen molar-refractivity contribution in [2.24, 2.45) is 5.92 Å². The first kappa shape index (κ1) is 26.9. The molecule has 8 nitrogen and oxygen atoms in total. The smallest absolute Gasteiger partial charge is 0.414 e. The maximum atomic E-state index is 13.2. The van der Waals surface area contributed by atoms with Gasteiger partial charge in [0.2, 0.25) is 5.91 Å². The number of benzene rings is 1. The number of anilines is 2. The Labute approximate surface area is 216 Å². The van der Waals surface area contributed by atoms with Crippen LogP contribution in [-0.2, 0) is 14.3 Å². The van der Waals surface area contributed by atoms with Gasteiger partial charge in [0.15, 0.2) is 0 Å². The summed E-state index contributed by atoms with van der Waals surface area (Å²) < 4.78 is 11.1. The van der Waals surface area contributed by atoms with Crippen LogP contribution in [0.2, 0.25) is 0 Å². The third kappa shape index (κ3) is 6.39. The van der Waals surface area contributed by atoms with Crippen molar-refractivity contribution in [2.75, 3.05) is 69.3 Å². The second-order valence-corrected chi connectivity index (χ2v) is 10.9. The molecule has 0 bridgehead atoms. The van der Waals surface area contributed by atoms with E-state index < -0.39 is 0 Å². The summed E-state index contributed by atoms with van der Waals surface area (Å²) in [4.78, 5) is 34.8. The van der Waals surface area contributed by atoms with Crippen molar-refractivity contribution >= 4 is 23.4 Å². The van der Waals surface area contributed by atoms with Crippen molar-refractivity contribution in [3.05, 3.63) is 23.8 Å². The van der Waals surface area contributed by atoms with E-state index in [-0.39, 0.29) is 30.1 Å². The number of hydrogen-bond acceptors (Lipinski definition) is 6. The fourth-order valence-electron chi connectivity index (χ4n) is 5.27. The zero-order valence-corrected chi connectivity index (χ0v) is 22.7. The highest BCUT2D eigenvalue weighted by Gasteiger charge is 2.41. The van der Waals surface area contributed by atoms with E-state index in [1.54, 1.807) is 4.90 Å². The van der Waals surface area contributed by atoms with E-state index in [2.05, 4.69) is 35.9 Å². The molecule has 1 unspecified atom stereocenters. The van der Waals surface area contributed by atoms with Gasteiger partial charge in [-0.1, -0.05) is 13.0 Å². The van der Waals surface area contributed by atoms with Crippen LogP contribution >= 0.6 is 0 Å². The van der Waals surface area contributed by atoms with Crippen LogP contribution in [0.15, 0.2) is 18.2 Å². The normalized spacial score (nSPS) is 21.6. The second kappa shape index (κ2) is 11.9. The lowest BCUT2D eigenvalue weighted by Crippen LogP contribution is -2.52. The van der Waals surface area contributed by atoms with Gasteiger partial charge >= 0.3 is 6.09 Å².